The first-order valence-electron chi connectivity index (χ1n) is 8.20. The number of rotatable bonds is 4. The zero-order valence-corrected chi connectivity index (χ0v) is 13.8. The third kappa shape index (κ3) is 3.16. The number of hydrogen-bond donors (Lipinski definition) is 1. The fourth-order valence-electron chi connectivity index (χ4n) is 4.70. The molecule has 0 radical (unpaired) electrons. The summed E-state index contributed by atoms with van der Waals surface area (Å²) in [5.41, 5.74) is 0.0301. The van der Waals surface area contributed by atoms with Crippen molar-refractivity contribution in [1.82, 2.24) is 5.32 Å². The zero-order valence-electron chi connectivity index (χ0n) is 13.8. The molecule has 1 saturated heterocycles. The molecule has 0 spiro atoms. The molecule has 0 aromatic heterocycles. The Labute approximate surface area is 119 Å². The molecular formula is C17H33NO. The van der Waals surface area contributed by atoms with Crippen LogP contribution in [0.1, 0.15) is 67.2 Å². The molecule has 2 fully saturated rings. The lowest BCUT2D eigenvalue weighted by molar-refractivity contribution is -0.0800. The normalized spacial score (nSPS) is 38.5. The van der Waals surface area contributed by atoms with E-state index in [9.17, 15) is 0 Å². The lowest BCUT2D eigenvalue weighted by Crippen LogP contribution is -2.49. The third-order valence-corrected chi connectivity index (χ3v) is 5.41. The van der Waals surface area contributed by atoms with Crippen LogP contribution in [0.5, 0.6) is 0 Å². The van der Waals surface area contributed by atoms with E-state index in [1.807, 2.05) is 0 Å². The maximum Gasteiger partial charge on any atom is 0.0677 e. The molecule has 19 heavy (non-hydrogen) atoms. The molecule has 1 saturated carbocycles. The van der Waals surface area contributed by atoms with Gasteiger partial charge in [-0.2, -0.15) is 0 Å². The van der Waals surface area contributed by atoms with Gasteiger partial charge in [0.1, 0.15) is 0 Å². The van der Waals surface area contributed by atoms with Crippen LogP contribution in [-0.4, -0.2) is 23.8 Å². The summed E-state index contributed by atoms with van der Waals surface area (Å²) in [6.45, 7) is 14.8. The van der Waals surface area contributed by atoms with Crippen molar-refractivity contribution in [1.29, 1.82) is 0 Å². The van der Waals surface area contributed by atoms with Crippen molar-refractivity contribution in [3.05, 3.63) is 0 Å². The highest BCUT2D eigenvalue weighted by atomic mass is 16.5. The van der Waals surface area contributed by atoms with E-state index in [4.69, 9.17) is 4.74 Å². The van der Waals surface area contributed by atoms with Gasteiger partial charge in [0.05, 0.1) is 11.2 Å². The number of hydrogen-bond acceptors (Lipinski definition) is 2. The number of nitrogens with one attached hydrogen (secondary N) is 1. The first-order chi connectivity index (χ1) is 8.77. The summed E-state index contributed by atoms with van der Waals surface area (Å²) in [4.78, 5) is 0. The highest BCUT2D eigenvalue weighted by Gasteiger charge is 2.51. The summed E-state index contributed by atoms with van der Waals surface area (Å²) in [5.74, 6) is 2.33. The molecule has 0 bridgehead atoms. The first kappa shape index (κ1) is 15.3. The average Bonchev–Trinajstić information content (AvgIpc) is 2.76. The van der Waals surface area contributed by atoms with Crippen LogP contribution in [0, 0.1) is 17.8 Å². The van der Waals surface area contributed by atoms with Crippen LogP contribution in [0.25, 0.3) is 0 Å². The molecule has 1 N–H and O–H groups in total. The topological polar surface area (TPSA) is 21.3 Å². The molecule has 1 aliphatic heterocycles. The summed E-state index contributed by atoms with van der Waals surface area (Å²) in [7, 11) is 0. The van der Waals surface area contributed by atoms with Crippen LogP contribution >= 0.6 is 0 Å². The van der Waals surface area contributed by atoms with Gasteiger partial charge in [0, 0.05) is 12.0 Å². The Morgan fingerprint density at radius 1 is 1.21 bits per heavy atom. The van der Waals surface area contributed by atoms with Gasteiger partial charge >= 0.3 is 0 Å². The lowest BCUT2D eigenvalue weighted by Gasteiger charge is -2.38. The molecule has 4 atom stereocenters. The fraction of sp³-hybridized carbons (Fsp3) is 1.00. The largest absolute Gasteiger partial charge is 0.369 e. The van der Waals surface area contributed by atoms with E-state index in [0.29, 0.717) is 12.0 Å². The highest BCUT2D eigenvalue weighted by Crippen LogP contribution is 2.48. The van der Waals surface area contributed by atoms with Gasteiger partial charge in [-0.05, 0) is 58.9 Å². The predicted octanol–water partition coefficient (Wildman–Crippen LogP) is 3.99. The maximum atomic E-state index is 6.33. The van der Waals surface area contributed by atoms with Gasteiger partial charge in [-0.1, -0.05) is 26.7 Å². The monoisotopic (exact) mass is 267 g/mol. The molecule has 112 valence electrons. The molecule has 2 rings (SSSR count). The van der Waals surface area contributed by atoms with E-state index in [-0.39, 0.29) is 11.2 Å². The Hall–Kier alpha value is -0.0800. The van der Waals surface area contributed by atoms with E-state index >= 15 is 0 Å². The summed E-state index contributed by atoms with van der Waals surface area (Å²) in [6, 6.07) is 0.624. The molecule has 1 aliphatic carbocycles. The second-order valence-electron chi connectivity index (χ2n) is 7.93. The molecule has 1 heterocycles. The van der Waals surface area contributed by atoms with E-state index in [1.165, 1.54) is 25.7 Å². The summed E-state index contributed by atoms with van der Waals surface area (Å²) < 4.78 is 6.33. The second kappa shape index (κ2) is 5.37. The van der Waals surface area contributed by atoms with Gasteiger partial charge in [-0.25, -0.2) is 0 Å². The summed E-state index contributed by atoms with van der Waals surface area (Å²) in [5, 5.41) is 3.81. The minimum atomic E-state index is -0.00134. The van der Waals surface area contributed by atoms with E-state index < -0.39 is 0 Å². The van der Waals surface area contributed by atoms with Crippen molar-refractivity contribution in [3.8, 4) is 0 Å². The van der Waals surface area contributed by atoms with Crippen molar-refractivity contribution >= 4 is 0 Å². The molecule has 2 nitrogen and oxygen atoms in total. The predicted molar refractivity (Wildman–Crippen MR) is 81.3 cm³/mol. The van der Waals surface area contributed by atoms with Gasteiger partial charge in [0.25, 0.3) is 0 Å². The van der Waals surface area contributed by atoms with Crippen LogP contribution in [0.3, 0.4) is 0 Å². The average molecular weight is 267 g/mol. The summed E-state index contributed by atoms with van der Waals surface area (Å²) in [6.07, 6.45) is 5.39. The van der Waals surface area contributed by atoms with Crippen LogP contribution < -0.4 is 5.32 Å². The number of ether oxygens (including phenoxy) is 1. The Kier molecular flexibility index (Phi) is 4.32. The SMILES string of the molecule is CCNC(C1CCCC1C)C1CC(C)(C)OC1(C)C. The van der Waals surface area contributed by atoms with Crippen LogP contribution in [0.15, 0.2) is 0 Å². The maximum absolute atomic E-state index is 6.33. The molecular weight excluding hydrogens is 234 g/mol. The Balaban J connectivity index is 2.19. The van der Waals surface area contributed by atoms with Crippen LogP contribution in [0.2, 0.25) is 0 Å². The molecule has 2 aliphatic rings. The summed E-state index contributed by atoms with van der Waals surface area (Å²) >= 11 is 0. The van der Waals surface area contributed by atoms with Crippen molar-refractivity contribution in [3.63, 3.8) is 0 Å². The van der Waals surface area contributed by atoms with E-state index in [1.54, 1.807) is 0 Å². The Morgan fingerprint density at radius 3 is 2.32 bits per heavy atom. The second-order valence-corrected chi connectivity index (χ2v) is 7.93. The van der Waals surface area contributed by atoms with Gasteiger partial charge in [0.15, 0.2) is 0 Å². The quantitative estimate of drug-likeness (QED) is 0.831. The third-order valence-electron chi connectivity index (χ3n) is 5.41. The minimum Gasteiger partial charge on any atom is -0.369 e. The van der Waals surface area contributed by atoms with E-state index in [2.05, 4.69) is 46.9 Å². The van der Waals surface area contributed by atoms with Gasteiger partial charge in [-0.3, -0.25) is 0 Å². The van der Waals surface area contributed by atoms with Gasteiger partial charge in [-0.15, -0.1) is 0 Å². The van der Waals surface area contributed by atoms with Crippen molar-refractivity contribution in [2.24, 2.45) is 17.8 Å². The van der Waals surface area contributed by atoms with Crippen molar-refractivity contribution in [2.75, 3.05) is 6.54 Å². The highest BCUT2D eigenvalue weighted by molar-refractivity contribution is 5.02. The standard InChI is InChI=1S/C17H33NO/c1-7-18-15(13-10-8-9-12(13)2)14-11-16(3,4)19-17(14,5)6/h12-15,18H,7-11H2,1-6H3. The van der Waals surface area contributed by atoms with Gasteiger partial charge in [0.2, 0.25) is 0 Å². The molecule has 0 aromatic rings. The van der Waals surface area contributed by atoms with Crippen molar-refractivity contribution in [2.45, 2.75) is 84.5 Å². The molecule has 2 heteroatoms. The fourth-order valence-corrected chi connectivity index (χ4v) is 4.70. The van der Waals surface area contributed by atoms with Crippen molar-refractivity contribution < 1.29 is 4.74 Å². The van der Waals surface area contributed by atoms with Crippen LogP contribution in [-0.2, 0) is 4.74 Å². The smallest absolute Gasteiger partial charge is 0.0677 e. The molecule has 4 unspecified atom stereocenters. The van der Waals surface area contributed by atoms with Gasteiger partial charge < -0.3 is 10.1 Å². The first-order valence-corrected chi connectivity index (χ1v) is 8.20. The Bertz CT molecular complexity index is 310. The van der Waals surface area contributed by atoms with E-state index in [0.717, 1.165) is 18.4 Å². The lowest BCUT2D eigenvalue weighted by atomic mass is 9.74. The van der Waals surface area contributed by atoms with Crippen LogP contribution in [0.4, 0.5) is 0 Å². The minimum absolute atomic E-state index is 0.00134. The zero-order chi connectivity index (χ0) is 14.3. The Morgan fingerprint density at radius 2 is 1.89 bits per heavy atom. The molecule has 0 aromatic carbocycles. The molecule has 0 amide bonds.